The van der Waals surface area contributed by atoms with Crippen LogP contribution in [0.25, 0.3) is 32.8 Å². The third-order valence-electron chi connectivity index (χ3n) is 5.77. The maximum Gasteiger partial charge on any atom is 0.269 e. The topological polar surface area (TPSA) is 85.1 Å². The highest BCUT2D eigenvalue weighted by atomic mass is 32.1. The minimum absolute atomic E-state index is 0.0124. The highest BCUT2D eigenvalue weighted by Gasteiger charge is 2.18. The van der Waals surface area contributed by atoms with Crippen LogP contribution in [0.3, 0.4) is 0 Å². The number of nitrogens with zero attached hydrogens (tertiary/aromatic N) is 2. The van der Waals surface area contributed by atoms with Crippen LogP contribution in [0.1, 0.15) is 15.9 Å². The molecule has 0 aliphatic heterocycles. The Morgan fingerprint density at radius 2 is 1.36 bits per heavy atom. The van der Waals surface area contributed by atoms with Gasteiger partial charge in [-0.15, -0.1) is 0 Å². The highest BCUT2D eigenvalue weighted by molar-refractivity contribution is 7.19. The summed E-state index contributed by atoms with van der Waals surface area (Å²) in [7, 11) is 0. The van der Waals surface area contributed by atoms with Crippen molar-refractivity contribution < 1.29 is 9.72 Å². The molecule has 5 aromatic rings. The fourth-order valence-corrected chi connectivity index (χ4v) is 4.81. The third-order valence-corrected chi connectivity index (χ3v) is 6.79. The average Bonchev–Trinajstić information content (AvgIpc) is 3.33. The lowest BCUT2D eigenvalue weighted by molar-refractivity contribution is -0.384. The number of thiazole rings is 1. The number of hydrogen-bond acceptors (Lipinski definition) is 5. The van der Waals surface area contributed by atoms with Crippen molar-refractivity contribution in [3.05, 3.63) is 124 Å². The number of carbonyl (C=O) groups excluding carboxylic acids is 1. The fourth-order valence-electron chi connectivity index (χ4n) is 3.82. The van der Waals surface area contributed by atoms with Gasteiger partial charge in [-0.25, -0.2) is 4.98 Å². The molecule has 1 aromatic heterocycles. The van der Waals surface area contributed by atoms with Gasteiger partial charge in [0.05, 0.1) is 15.5 Å². The summed E-state index contributed by atoms with van der Waals surface area (Å²) in [4.78, 5) is 29.2. The molecule has 0 saturated heterocycles. The number of anilines is 1. The largest absolute Gasteiger partial charge is 0.298 e. The number of nitrogens with one attached hydrogen (secondary N) is 1. The number of hydrogen-bond donors (Lipinski definition) is 1. The Morgan fingerprint density at radius 3 is 2.00 bits per heavy atom. The summed E-state index contributed by atoms with van der Waals surface area (Å²) in [6.07, 6.45) is 0. The second-order valence-electron chi connectivity index (χ2n) is 8.26. The van der Waals surface area contributed by atoms with E-state index >= 15 is 0 Å². The van der Waals surface area contributed by atoms with Gasteiger partial charge in [0.15, 0.2) is 5.13 Å². The Labute approximate surface area is 212 Å². The van der Waals surface area contributed by atoms with Gasteiger partial charge in [0, 0.05) is 23.3 Å². The maximum atomic E-state index is 13.0. The number of aromatic nitrogens is 1. The predicted molar refractivity (Wildman–Crippen MR) is 144 cm³/mol. The van der Waals surface area contributed by atoms with Crippen LogP contribution in [-0.2, 0) is 0 Å². The Bertz CT molecular complexity index is 1530. The van der Waals surface area contributed by atoms with Crippen LogP contribution in [-0.4, -0.2) is 15.8 Å². The normalized spacial score (nSPS) is 10.7. The number of carbonyl (C=O) groups is 1. The van der Waals surface area contributed by atoms with E-state index in [2.05, 4.69) is 5.32 Å². The van der Waals surface area contributed by atoms with E-state index in [1.165, 1.54) is 23.5 Å². The summed E-state index contributed by atoms with van der Waals surface area (Å²) in [5, 5.41) is 14.4. The van der Waals surface area contributed by atoms with Crippen molar-refractivity contribution in [2.45, 2.75) is 6.92 Å². The molecule has 0 saturated carbocycles. The summed E-state index contributed by atoms with van der Waals surface area (Å²) < 4.78 is 0. The fraction of sp³-hybridized carbons (Fsp3) is 0.0345. The Kier molecular flexibility index (Phi) is 6.38. The van der Waals surface area contributed by atoms with Crippen LogP contribution in [0, 0.1) is 17.0 Å². The molecule has 1 N–H and O–H groups in total. The summed E-state index contributed by atoms with van der Waals surface area (Å²) in [5.74, 6) is -0.255. The van der Waals surface area contributed by atoms with Gasteiger partial charge in [-0.2, -0.15) is 0 Å². The number of aryl methyl sites for hydroxylation is 1. The number of benzene rings is 4. The molecule has 0 aliphatic carbocycles. The molecular weight excluding hydrogens is 470 g/mol. The highest BCUT2D eigenvalue weighted by Crippen LogP contribution is 2.39. The molecule has 0 aliphatic rings. The van der Waals surface area contributed by atoms with Gasteiger partial charge in [0.2, 0.25) is 0 Å². The summed E-state index contributed by atoms with van der Waals surface area (Å²) in [6, 6.07) is 31.7. The van der Waals surface area contributed by atoms with E-state index in [9.17, 15) is 14.9 Å². The maximum absolute atomic E-state index is 13.0. The summed E-state index contributed by atoms with van der Waals surface area (Å²) in [5.41, 5.74) is 6.14. The van der Waals surface area contributed by atoms with Crippen molar-refractivity contribution >= 4 is 28.1 Å². The van der Waals surface area contributed by atoms with Gasteiger partial charge in [-0.1, -0.05) is 83.6 Å². The van der Waals surface area contributed by atoms with Gasteiger partial charge in [-0.05, 0) is 47.9 Å². The zero-order valence-corrected chi connectivity index (χ0v) is 20.2. The second kappa shape index (κ2) is 9.93. The molecule has 6 nitrogen and oxygen atoms in total. The third kappa shape index (κ3) is 4.92. The van der Waals surface area contributed by atoms with Crippen LogP contribution < -0.4 is 5.32 Å². The molecule has 0 spiro atoms. The van der Waals surface area contributed by atoms with Gasteiger partial charge < -0.3 is 0 Å². The molecule has 4 aromatic carbocycles. The minimum Gasteiger partial charge on any atom is -0.298 e. The molecule has 0 radical (unpaired) electrons. The van der Waals surface area contributed by atoms with Gasteiger partial charge >= 0.3 is 0 Å². The number of nitro benzene ring substituents is 1. The smallest absolute Gasteiger partial charge is 0.269 e. The van der Waals surface area contributed by atoms with Crippen molar-refractivity contribution in [2.75, 3.05) is 5.32 Å². The minimum atomic E-state index is -0.430. The molecule has 5 rings (SSSR count). The molecular formula is C29H21N3O3S. The van der Waals surface area contributed by atoms with E-state index in [-0.39, 0.29) is 11.6 Å². The average molecular weight is 492 g/mol. The summed E-state index contributed by atoms with van der Waals surface area (Å²) >= 11 is 1.37. The first-order valence-corrected chi connectivity index (χ1v) is 12.1. The Morgan fingerprint density at radius 1 is 0.778 bits per heavy atom. The van der Waals surface area contributed by atoms with Gasteiger partial charge in [0.25, 0.3) is 11.6 Å². The summed E-state index contributed by atoms with van der Waals surface area (Å²) in [6.45, 7) is 2.02. The monoisotopic (exact) mass is 491 g/mol. The van der Waals surface area contributed by atoms with E-state index in [0.29, 0.717) is 16.4 Å². The zero-order chi connectivity index (χ0) is 25.1. The quantitative estimate of drug-likeness (QED) is 0.196. The Hall–Kier alpha value is -4.62. The zero-order valence-electron chi connectivity index (χ0n) is 19.3. The van der Waals surface area contributed by atoms with Crippen molar-refractivity contribution in [3.8, 4) is 32.8 Å². The number of nitro groups is 1. The first-order chi connectivity index (χ1) is 17.5. The molecule has 0 unspecified atom stereocenters. The second-order valence-corrected chi connectivity index (χ2v) is 9.26. The molecule has 7 heteroatoms. The van der Waals surface area contributed by atoms with E-state index in [4.69, 9.17) is 4.98 Å². The van der Waals surface area contributed by atoms with Crippen LogP contribution in [0.4, 0.5) is 10.8 Å². The molecule has 1 heterocycles. The van der Waals surface area contributed by atoms with Crippen molar-refractivity contribution in [2.24, 2.45) is 0 Å². The molecule has 0 atom stereocenters. The Balaban J connectivity index is 1.45. The van der Waals surface area contributed by atoms with Crippen molar-refractivity contribution in [1.82, 2.24) is 4.98 Å². The lowest BCUT2D eigenvalue weighted by Gasteiger charge is -2.04. The van der Waals surface area contributed by atoms with Crippen molar-refractivity contribution in [1.29, 1.82) is 0 Å². The molecule has 176 valence electrons. The van der Waals surface area contributed by atoms with E-state index in [1.54, 1.807) is 24.3 Å². The first kappa shape index (κ1) is 23.1. The first-order valence-electron chi connectivity index (χ1n) is 11.3. The van der Waals surface area contributed by atoms with Crippen LogP contribution in [0.5, 0.6) is 0 Å². The van der Waals surface area contributed by atoms with Crippen molar-refractivity contribution in [3.63, 3.8) is 0 Å². The van der Waals surface area contributed by atoms with Crippen LogP contribution >= 0.6 is 11.3 Å². The number of rotatable bonds is 6. The number of non-ortho nitro benzene ring substituents is 1. The van der Waals surface area contributed by atoms with E-state index in [1.807, 2.05) is 73.7 Å². The van der Waals surface area contributed by atoms with E-state index < -0.39 is 4.92 Å². The van der Waals surface area contributed by atoms with Gasteiger partial charge in [0.1, 0.15) is 0 Å². The predicted octanol–water partition coefficient (Wildman–Crippen LogP) is 7.61. The lowest BCUT2D eigenvalue weighted by Crippen LogP contribution is -2.11. The van der Waals surface area contributed by atoms with Crippen LogP contribution in [0.2, 0.25) is 0 Å². The molecule has 36 heavy (non-hydrogen) atoms. The van der Waals surface area contributed by atoms with Crippen LogP contribution in [0.15, 0.2) is 103 Å². The van der Waals surface area contributed by atoms with E-state index in [0.717, 1.165) is 32.7 Å². The molecule has 0 bridgehead atoms. The van der Waals surface area contributed by atoms with Gasteiger partial charge in [-0.3, -0.25) is 20.2 Å². The molecule has 0 fully saturated rings. The standard InChI is InChI=1S/C29H21N3O3S/c1-19-7-9-23(10-8-19)27-26(22-15-17-25(18-16-22)32(34)35)30-29(36-27)31-28(33)24-13-11-21(12-14-24)20-5-3-2-4-6-20/h2-18H,1H3,(H,30,31,33). The molecule has 1 amide bonds. The number of amides is 1. The SMILES string of the molecule is Cc1ccc(-c2sc(NC(=O)c3ccc(-c4ccccc4)cc3)nc2-c2ccc([N+](=O)[O-])cc2)cc1. The lowest BCUT2D eigenvalue weighted by atomic mass is 10.0.